The van der Waals surface area contributed by atoms with Crippen molar-refractivity contribution < 1.29 is 14.3 Å². The molecule has 2 saturated heterocycles. The number of carbonyl (C=O) groups is 2. The summed E-state index contributed by atoms with van der Waals surface area (Å²) in [6, 6.07) is 0. The van der Waals surface area contributed by atoms with Gasteiger partial charge in [0.05, 0.1) is 11.5 Å². The van der Waals surface area contributed by atoms with Crippen LogP contribution in [0.2, 0.25) is 0 Å². The molecule has 2 aliphatic heterocycles. The Morgan fingerprint density at radius 3 is 3.06 bits per heavy atom. The fourth-order valence-electron chi connectivity index (χ4n) is 2.35. The molecule has 0 radical (unpaired) electrons. The largest absolute Gasteiger partial charge is 0.373 e. The van der Waals surface area contributed by atoms with E-state index in [0.717, 1.165) is 19.4 Å². The zero-order valence-corrected chi connectivity index (χ0v) is 10.3. The minimum atomic E-state index is -0.201. The second-order valence-electron chi connectivity index (χ2n) is 5.16. The Balaban J connectivity index is 1.75. The summed E-state index contributed by atoms with van der Waals surface area (Å²) in [6.07, 6.45) is 3.15. The first-order valence-corrected chi connectivity index (χ1v) is 6.27. The molecular weight excluding hydrogens is 220 g/mol. The maximum Gasteiger partial charge on any atom is 0.225 e. The lowest BCUT2D eigenvalue weighted by molar-refractivity contribution is -0.129. The number of piperidine rings is 1. The van der Waals surface area contributed by atoms with Gasteiger partial charge in [0, 0.05) is 26.1 Å². The van der Waals surface area contributed by atoms with Crippen LogP contribution in [0.25, 0.3) is 0 Å². The molecule has 2 N–H and O–H groups in total. The van der Waals surface area contributed by atoms with Crippen LogP contribution < -0.4 is 10.6 Å². The van der Waals surface area contributed by atoms with Gasteiger partial charge in [-0.3, -0.25) is 9.59 Å². The number of amides is 2. The molecule has 2 fully saturated rings. The van der Waals surface area contributed by atoms with E-state index in [-0.39, 0.29) is 23.3 Å². The minimum Gasteiger partial charge on any atom is -0.373 e. The van der Waals surface area contributed by atoms with Crippen LogP contribution in [0.3, 0.4) is 0 Å². The number of nitrogens with one attached hydrogen (secondary N) is 2. The Hall–Kier alpha value is -1.10. The van der Waals surface area contributed by atoms with Crippen molar-refractivity contribution in [1.29, 1.82) is 0 Å². The van der Waals surface area contributed by atoms with Crippen molar-refractivity contribution in [1.82, 2.24) is 10.6 Å². The molecule has 5 nitrogen and oxygen atoms in total. The van der Waals surface area contributed by atoms with Crippen LogP contribution in [-0.4, -0.2) is 37.1 Å². The monoisotopic (exact) mass is 240 g/mol. The van der Waals surface area contributed by atoms with Crippen molar-refractivity contribution in [2.45, 2.75) is 38.2 Å². The lowest BCUT2D eigenvalue weighted by Gasteiger charge is -2.26. The van der Waals surface area contributed by atoms with Gasteiger partial charge in [-0.15, -0.1) is 0 Å². The molecule has 0 aromatic rings. The normalized spacial score (nSPS) is 33.2. The molecule has 2 atom stereocenters. The maximum atomic E-state index is 11.9. The van der Waals surface area contributed by atoms with E-state index in [1.807, 2.05) is 6.92 Å². The predicted octanol–water partition coefficient (Wildman–Crippen LogP) is 0.198. The van der Waals surface area contributed by atoms with Crippen molar-refractivity contribution in [3.63, 3.8) is 0 Å². The molecule has 0 aromatic carbocycles. The van der Waals surface area contributed by atoms with Crippen molar-refractivity contribution in [2.75, 3.05) is 19.7 Å². The second kappa shape index (κ2) is 5.04. The lowest BCUT2D eigenvalue weighted by atomic mass is 9.97. The van der Waals surface area contributed by atoms with Crippen molar-refractivity contribution in [3.8, 4) is 0 Å². The standard InChI is InChI=1S/C12H20N2O3/c1-12(5-2-6-17-12)8-14-11(16)9-3-4-10(15)13-7-9/h9H,2-8H2,1H3,(H,13,15)(H,14,16). The highest BCUT2D eigenvalue weighted by atomic mass is 16.5. The molecule has 0 aromatic heterocycles. The van der Waals surface area contributed by atoms with Crippen molar-refractivity contribution in [3.05, 3.63) is 0 Å². The number of hydrogen-bond donors (Lipinski definition) is 2. The van der Waals surface area contributed by atoms with Crippen molar-refractivity contribution in [2.24, 2.45) is 5.92 Å². The van der Waals surface area contributed by atoms with E-state index in [9.17, 15) is 9.59 Å². The highest BCUT2D eigenvalue weighted by molar-refractivity contribution is 5.83. The van der Waals surface area contributed by atoms with E-state index in [1.54, 1.807) is 0 Å². The van der Waals surface area contributed by atoms with Gasteiger partial charge in [0.15, 0.2) is 0 Å². The first kappa shape index (κ1) is 12.4. The fourth-order valence-corrected chi connectivity index (χ4v) is 2.35. The summed E-state index contributed by atoms with van der Waals surface area (Å²) >= 11 is 0. The zero-order chi connectivity index (χ0) is 12.3. The van der Waals surface area contributed by atoms with E-state index >= 15 is 0 Å². The van der Waals surface area contributed by atoms with Gasteiger partial charge in [0.25, 0.3) is 0 Å². The molecule has 2 amide bonds. The highest BCUT2D eigenvalue weighted by Crippen LogP contribution is 2.24. The lowest BCUT2D eigenvalue weighted by Crippen LogP contribution is -2.47. The Labute approximate surface area is 101 Å². The molecule has 0 saturated carbocycles. The third-order valence-corrected chi connectivity index (χ3v) is 3.57. The van der Waals surface area contributed by atoms with E-state index < -0.39 is 0 Å². The highest BCUT2D eigenvalue weighted by Gasteiger charge is 2.31. The molecule has 0 bridgehead atoms. The number of ether oxygens (including phenoxy) is 1. The van der Waals surface area contributed by atoms with Crippen LogP contribution in [0, 0.1) is 5.92 Å². The van der Waals surface area contributed by atoms with E-state index in [1.165, 1.54) is 0 Å². The van der Waals surface area contributed by atoms with Crippen LogP contribution in [0.5, 0.6) is 0 Å². The number of carbonyl (C=O) groups excluding carboxylic acids is 2. The van der Waals surface area contributed by atoms with Gasteiger partial charge >= 0.3 is 0 Å². The molecule has 2 aliphatic rings. The molecule has 0 spiro atoms. The molecule has 0 aliphatic carbocycles. The summed E-state index contributed by atoms with van der Waals surface area (Å²) in [5.74, 6) is -0.0143. The smallest absolute Gasteiger partial charge is 0.225 e. The quantitative estimate of drug-likeness (QED) is 0.740. The van der Waals surface area contributed by atoms with Crippen LogP contribution in [0.4, 0.5) is 0 Å². The Morgan fingerprint density at radius 1 is 1.65 bits per heavy atom. The third-order valence-electron chi connectivity index (χ3n) is 3.57. The second-order valence-corrected chi connectivity index (χ2v) is 5.16. The average Bonchev–Trinajstić information content (AvgIpc) is 2.75. The molecule has 2 heterocycles. The van der Waals surface area contributed by atoms with Gasteiger partial charge in [-0.1, -0.05) is 0 Å². The molecule has 2 unspecified atom stereocenters. The summed E-state index contributed by atoms with van der Waals surface area (Å²) in [5, 5.41) is 5.65. The summed E-state index contributed by atoms with van der Waals surface area (Å²) in [6.45, 7) is 3.84. The van der Waals surface area contributed by atoms with Gasteiger partial charge in [-0.25, -0.2) is 0 Å². The molecule has 17 heavy (non-hydrogen) atoms. The first-order valence-electron chi connectivity index (χ1n) is 6.27. The van der Waals surface area contributed by atoms with E-state index in [0.29, 0.717) is 25.9 Å². The third kappa shape index (κ3) is 3.19. The summed E-state index contributed by atoms with van der Waals surface area (Å²) in [7, 11) is 0. The van der Waals surface area contributed by atoms with Gasteiger partial charge in [0.1, 0.15) is 0 Å². The van der Waals surface area contributed by atoms with Crippen LogP contribution in [-0.2, 0) is 14.3 Å². The van der Waals surface area contributed by atoms with Gasteiger partial charge < -0.3 is 15.4 Å². The van der Waals surface area contributed by atoms with Crippen molar-refractivity contribution >= 4 is 11.8 Å². The Kier molecular flexibility index (Phi) is 3.66. The molecule has 96 valence electrons. The summed E-state index contributed by atoms with van der Waals surface area (Å²) in [4.78, 5) is 22.9. The predicted molar refractivity (Wildman–Crippen MR) is 62.3 cm³/mol. The first-order chi connectivity index (χ1) is 8.09. The molecule has 2 rings (SSSR count). The molecular formula is C12H20N2O3. The van der Waals surface area contributed by atoms with Crippen LogP contribution in [0.1, 0.15) is 32.6 Å². The Morgan fingerprint density at radius 2 is 2.47 bits per heavy atom. The van der Waals surface area contributed by atoms with Gasteiger partial charge in [-0.2, -0.15) is 0 Å². The van der Waals surface area contributed by atoms with Gasteiger partial charge in [0.2, 0.25) is 11.8 Å². The average molecular weight is 240 g/mol. The number of rotatable bonds is 3. The SMILES string of the molecule is CC1(CNC(=O)C2CCC(=O)NC2)CCCO1. The zero-order valence-electron chi connectivity index (χ0n) is 10.3. The maximum absolute atomic E-state index is 11.9. The van der Waals surface area contributed by atoms with E-state index in [4.69, 9.17) is 4.74 Å². The Bertz CT molecular complexity index is 301. The van der Waals surface area contributed by atoms with Crippen LogP contribution in [0.15, 0.2) is 0 Å². The van der Waals surface area contributed by atoms with E-state index in [2.05, 4.69) is 10.6 Å². The topological polar surface area (TPSA) is 67.4 Å². The van der Waals surface area contributed by atoms with Crippen LogP contribution >= 0.6 is 0 Å². The minimum absolute atomic E-state index is 0.0294. The fraction of sp³-hybridized carbons (Fsp3) is 0.833. The summed E-state index contributed by atoms with van der Waals surface area (Å²) in [5.41, 5.74) is -0.201. The molecule has 5 heteroatoms. The number of hydrogen-bond acceptors (Lipinski definition) is 3. The summed E-state index contributed by atoms with van der Waals surface area (Å²) < 4.78 is 5.61. The van der Waals surface area contributed by atoms with Gasteiger partial charge in [-0.05, 0) is 26.2 Å².